The Balaban J connectivity index is 1.64. The Hall–Kier alpha value is -1.84. The van der Waals surface area contributed by atoms with Crippen LogP contribution in [0.5, 0.6) is 0 Å². The third-order valence-corrected chi connectivity index (χ3v) is 13.0. The molecule has 0 radical (unpaired) electrons. The monoisotopic (exact) mass is 540 g/mol. The topological polar surface area (TPSA) is 77.4 Å². The molecule has 1 saturated heterocycles. The number of methoxy groups -OCH3 is 1. The first-order valence-electron chi connectivity index (χ1n) is 13.8. The quantitative estimate of drug-likeness (QED) is 0.372. The molecule has 1 spiro atoms. The van der Waals surface area contributed by atoms with Crippen molar-refractivity contribution >= 4 is 18.7 Å². The highest BCUT2D eigenvalue weighted by molar-refractivity contribution is 6.99. The number of rotatable bonds is 9. The average Bonchev–Trinajstić information content (AvgIpc) is 2.92. The number of ether oxygens (including phenoxy) is 3. The van der Waals surface area contributed by atoms with Gasteiger partial charge in [0.05, 0.1) is 31.5 Å². The van der Waals surface area contributed by atoms with Crippen molar-refractivity contribution in [1.82, 2.24) is 0 Å². The first-order valence-corrected chi connectivity index (χ1v) is 15.7. The second kappa shape index (κ2) is 12.1. The summed E-state index contributed by atoms with van der Waals surface area (Å²) in [6.07, 6.45) is 4.34. The van der Waals surface area contributed by atoms with Gasteiger partial charge in [0.1, 0.15) is 6.10 Å². The average molecular weight is 541 g/mol. The van der Waals surface area contributed by atoms with Crippen LogP contribution >= 0.6 is 0 Å². The first kappa shape index (κ1) is 29.1. The van der Waals surface area contributed by atoms with Crippen LogP contribution in [0.1, 0.15) is 47.0 Å². The Morgan fingerprint density at radius 1 is 1.00 bits per heavy atom. The van der Waals surface area contributed by atoms with Gasteiger partial charge in [-0.15, -0.1) is 0 Å². The zero-order valence-electron chi connectivity index (χ0n) is 23.4. The Bertz CT molecular complexity index is 1000. The smallest absolute Gasteiger partial charge is 0.261 e. The molecule has 2 aromatic carbocycles. The predicted octanol–water partition coefficient (Wildman–Crippen LogP) is 3.79. The second-order valence-corrected chi connectivity index (χ2v) is 16.0. The lowest BCUT2D eigenvalue weighted by molar-refractivity contribution is -0.304. The van der Waals surface area contributed by atoms with Crippen molar-refractivity contribution in [2.45, 2.75) is 82.2 Å². The Morgan fingerprint density at radius 3 is 2.11 bits per heavy atom. The summed E-state index contributed by atoms with van der Waals surface area (Å²) in [6.45, 7) is 8.93. The van der Waals surface area contributed by atoms with E-state index in [-0.39, 0.29) is 35.9 Å². The fourth-order valence-electron chi connectivity index (χ4n) is 5.94. The van der Waals surface area contributed by atoms with Crippen molar-refractivity contribution in [3.05, 3.63) is 72.8 Å². The van der Waals surface area contributed by atoms with E-state index < -0.39 is 20.2 Å². The SMILES string of the molecule is CO[C@H]1CC[C@]2(C=C[C@H](C)[C@@H](C[C@@H](O)CO)O2)O[C@@H]1CO[Si](c1ccccc1)(c1ccccc1)C(C)(C)C. The molecule has 0 saturated carbocycles. The van der Waals surface area contributed by atoms with Crippen LogP contribution in [0.4, 0.5) is 0 Å². The van der Waals surface area contributed by atoms with Gasteiger partial charge in [0.2, 0.25) is 0 Å². The summed E-state index contributed by atoms with van der Waals surface area (Å²) in [6, 6.07) is 21.2. The molecule has 2 aromatic rings. The van der Waals surface area contributed by atoms with E-state index in [1.807, 2.05) is 18.2 Å². The molecule has 7 heteroatoms. The van der Waals surface area contributed by atoms with Crippen molar-refractivity contribution in [2.24, 2.45) is 5.92 Å². The summed E-state index contributed by atoms with van der Waals surface area (Å²) in [4.78, 5) is 0. The molecule has 0 aliphatic carbocycles. The lowest BCUT2D eigenvalue weighted by Crippen LogP contribution is -2.67. The highest BCUT2D eigenvalue weighted by atomic mass is 28.4. The van der Waals surface area contributed by atoms with Crippen LogP contribution in [0.15, 0.2) is 72.8 Å². The van der Waals surface area contributed by atoms with Gasteiger partial charge in [-0.1, -0.05) is 94.4 Å². The van der Waals surface area contributed by atoms with E-state index in [0.29, 0.717) is 19.4 Å². The lowest BCUT2D eigenvalue weighted by Gasteiger charge is -2.48. The zero-order valence-corrected chi connectivity index (χ0v) is 24.4. The van der Waals surface area contributed by atoms with Gasteiger partial charge in [-0.2, -0.15) is 0 Å². The molecule has 2 aliphatic rings. The fourth-order valence-corrected chi connectivity index (χ4v) is 10.5. The molecular formula is C31H44O6Si. The summed E-state index contributed by atoms with van der Waals surface area (Å²) in [5.74, 6) is -0.793. The van der Waals surface area contributed by atoms with Crippen molar-refractivity contribution in [3.63, 3.8) is 0 Å². The van der Waals surface area contributed by atoms with E-state index in [1.165, 1.54) is 10.4 Å². The summed E-state index contributed by atoms with van der Waals surface area (Å²) < 4.78 is 26.3. The molecule has 2 aliphatic heterocycles. The third kappa shape index (κ3) is 5.99. The molecule has 1 fully saturated rings. The van der Waals surface area contributed by atoms with Gasteiger partial charge in [-0.05, 0) is 27.9 Å². The standard InChI is InChI=1S/C31H44O6Si/c1-23-16-18-31(36-28(23)20-24(33)21-32)19-17-27(34-5)29(37-31)22-35-38(30(2,3)4,25-12-8-6-9-13-25)26-14-10-7-11-15-26/h6-16,18,23-24,27-29,32-33H,17,19-22H2,1-5H3/t23-,24+,27-,28+,29+,31-/m0/s1. The molecule has 2 N–H and O–H groups in total. The van der Waals surface area contributed by atoms with E-state index >= 15 is 0 Å². The number of hydrogen-bond donors (Lipinski definition) is 2. The van der Waals surface area contributed by atoms with Crippen molar-refractivity contribution < 1.29 is 28.8 Å². The number of benzene rings is 2. The minimum atomic E-state index is -2.74. The van der Waals surface area contributed by atoms with Gasteiger partial charge < -0.3 is 28.8 Å². The molecule has 0 amide bonds. The summed E-state index contributed by atoms with van der Waals surface area (Å²) in [5, 5.41) is 21.8. The van der Waals surface area contributed by atoms with Gasteiger partial charge in [0.25, 0.3) is 8.32 Å². The maximum atomic E-state index is 10.1. The minimum Gasteiger partial charge on any atom is -0.405 e. The molecule has 0 unspecified atom stereocenters. The molecule has 2 heterocycles. The molecule has 6 nitrogen and oxygen atoms in total. The van der Waals surface area contributed by atoms with E-state index in [2.05, 4.69) is 82.3 Å². The molecule has 4 rings (SSSR count). The van der Waals surface area contributed by atoms with Gasteiger partial charge >= 0.3 is 0 Å². The maximum Gasteiger partial charge on any atom is 0.261 e. The predicted molar refractivity (Wildman–Crippen MR) is 152 cm³/mol. The van der Waals surface area contributed by atoms with E-state index in [1.54, 1.807) is 7.11 Å². The van der Waals surface area contributed by atoms with Crippen molar-refractivity contribution in [1.29, 1.82) is 0 Å². The fraction of sp³-hybridized carbons (Fsp3) is 0.548. The molecule has 6 atom stereocenters. The van der Waals surface area contributed by atoms with Crippen molar-refractivity contribution in [2.75, 3.05) is 20.3 Å². The van der Waals surface area contributed by atoms with Crippen LogP contribution < -0.4 is 10.4 Å². The van der Waals surface area contributed by atoms with Crippen LogP contribution in [0.25, 0.3) is 0 Å². The van der Waals surface area contributed by atoms with Crippen LogP contribution in [0.3, 0.4) is 0 Å². The molecule has 208 valence electrons. The maximum absolute atomic E-state index is 10.1. The summed E-state index contributed by atoms with van der Waals surface area (Å²) in [5.41, 5.74) is 0. The van der Waals surface area contributed by atoms with Crippen LogP contribution in [0.2, 0.25) is 5.04 Å². The highest BCUT2D eigenvalue weighted by Gasteiger charge is 2.52. The van der Waals surface area contributed by atoms with Gasteiger partial charge in [0, 0.05) is 25.9 Å². The molecule has 38 heavy (non-hydrogen) atoms. The number of aliphatic hydroxyl groups is 2. The van der Waals surface area contributed by atoms with E-state index in [4.69, 9.17) is 18.6 Å². The number of aliphatic hydroxyl groups excluding tert-OH is 2. The molecule has 0 aromatic heterocycles. The third-order valence-electron chi connectivity index (χ3n) is 8.03. The van der Waals surface area contributed by atoms with E-state index in [0.717, 1.165) is 6.42 Å². The zero-order chi connectivity index (χ0) is 27.4. The van der Waals surface area contributed by atoms with Gasteiger partial charge in [-0.25, -0.2) is 0 Å². The van der Waals surface area contributed by atoms with Crippen LogP contribution in [-0.2, 0) is 18.6 Å². The first-order chi connectivity index (χ1) is 18.1. The van der Waals surface area contributed by atoms with Crippen molar-refractivity contribution in [3.8, 4) is 0 Å². The van der Waals surface area contributed by atoms with Gasteiger partial charge in [-0.3, -0.25) is 0 Å². The Morgan fingerprint density at radius 2 is 1.58 bits per heavy atom. The van der Waals surface area contributed by atoms with Crippen LogP contribution in [0, 0.1) is 5.92 Å². The van der Waals surface area contributed by atoms with Gasteiger partial charge in [0.15, 0.2) is 5.79 Å². The summed E-state index contributed by atoms with van der Waals surface area (Å²) >= 11 is 0. The number of hydrogen-bond acceptors (Lipinski definition) is 6. The Kier molecular flexibility index (Phi) is 9.30. The highest BCUT2D eigenvalue weighted by Crippen LogP contribution is 2.41. The normalized spacial score (nSPS) is 28.9. The summed E-state index contributed by atoms with van der Waals surface area (Å²) in [7, 11) is -1.02. The second-order valence-electron chi connectivity index (χ2n) is 11.7. The lowest BCUT2D eigenvalue weighted by atomic mass is 9.90. The van der Waals surface area contributed by atoms with E-state index in [9.17, 15) is 10.2 Å². The minimum absolute atomic E-state index is 0.109. The van der Waals surface area contributed by atoms with Crippen LogP contribution in [-0.4, -0.2) is 69.1 Å². The largest absolute Gasteiger partial charge is 0.405 e. The Labute approximate surface area is 228 Å². The molecular weight excluding hydrogens is 496 g/mol. The molecule has 0 bridgehead atoms.